The number of amides is 2. The van der Waals surface area contributed by atoms with Gasteiger partial charge in [0, 0.05) is 6.54 Å². The van der Waals surface area contributed by atoms with Crippen LogP contribution in [0.15, 0.2) is 0 Å². The zero-order chi connectivity index (χ0) is 15.4. The first-order chi connectivity index (χ1) is 9.29. The largest absolute Gasteiger partial charge is 0.340 e. The summed E-state index contributed by atoms with van der Waals surface area (Å²) in [5.41, 5.74) is -1.48. The summed E-state index contributed by atoms with van der Waals surface area (Å²) in [6.07, 6.45) is 6.41. The number of carbonyl (C=O) groups excluding carboxylic acids is 2. The minimum absolute atomic E-state index is 0.0295. The molecule has 1 atom stereocenters. The van der Waals surface area contributed by atoms with E-state index in [1.165, 1.54) is 19.3 Å². The molecule has 0 aliphatic carbocycles. The van der Waals surface area contributed by atoms with Crippen molar-refractivity contribution < 1.29 is 9.59 Å². The molecule has 1 saturated heterocycles. The van der Waals surface area contributed by atoms with Gasteiger partial charge in [0.25, 0.3) is 0 Å². The number of rotatable bonds is 7. The van der Waals surface area contributed by atoms with Crippen molar-refractivity contribution in [2.45, 2.75) is 84.2 Å². The fourth-order valence-electron chi connectivity index (χ4n) is 2.73. The molecule has 4 nitrogen and oxygen atoms in total. The van der Waals surface area contributed by atoms with Crippen LogP contribution in [0.5, 0.6) is 0 Å². The Morgan fingerprint density at radius 1 is 1.00 bits per heavy atom. The van der Waals surface area contributed by atoms with E-state index in [0.717, 1.165) is 12.8 Å². The first-order valence-corrected chi connectivity index (χ1v) is 7.94. The Hall–Kier alpha value is -1.06. The van der Waals surface area contributed by atoms with E-state index in [1.807, 2.05) is 13.8 Å². The number of piperazine rings is 1. The molecule has 0 aromatic heterocycles. The number of nitrogens with one attached hydrogen (secondary N) is 1. The lowest BCUT2D eigenvalue weighted by Crippen LogP contribution is -2.73. The standard InChI is InChI=1S/C16H30N2O2/c1-6-8-9-10-11-12-18-14(20)15(3,4)17-13(19)16(18,5)7-2/h6-12H2,1-5H3,(H,17,19). The van der Waals surface area contributed by atoms with Crippen molar-refractivity contribution in [3.8, 4) is 0 Å². The molecular formula is C16H30N2O2. The van der Waals surface area contributed by atoms with Crippen molar-refractivity contribution in [3.63, 3.8) is 0 Å². The molecule has 20 heavy (non-hydrogen) atoms. The van der Waals surface area contributed by atoms with Gasteiger partial charge in [-0.1, -0.05) is 39.5 Å². The van der Waals surface area contributed by atoms with Crippen molar-refractivity contribution >= 4 is 11.8 Å². The van der Waals surface area contributed by atoms with Gasteiger partial charge in [-0.15, -0.1) is 0 Å². The molecule has 1 aliphatic rings. The lowest BCUT2D eigenvalue weighted by Gasteiger charge is -2.49. The maximum absolute atomic E-state index is 12.6. The SMILES string of the molecule is CCCCCCCN1C(=O)C(C)(C)NC(=O)C1(C)CC. The summed E-state index contributed by atoms with van der Waals surface area (Å²) in [4.78, 5) is 26.8. The Labute approximate surface area is 123 Å². The first kappa shape index (κ1) is 17.0. The van der Waals surface area contributed by atoms with Gasteiger partial charge in [0.2, 0.25) is 11.8 Å². The molecular weight excluding hydrogens is 252 g/mol. The van der Waals surface area contributed by atoms with Gasteiger partial charge in [-0.25, -0.2) is 0 Å². The molecule has 1 N–H and O–H groups in total. The molecule has 1 heterocycles. The molecule has 0 spiro atoms. The van der Waals surface area contributed by atoms with Crippen LogP contribution in [0.25, 0.3) is 0 Å². The number of carbonyl (C=O) groups is 2. The third-order valence-electron chi connectivity index (χ3n) is 4.46. The van der Waals surface area contributed by atoms with E-state index in [4.69, 9.17) is 0 Å². The third kappa shape index (κ3) is 3.33. The van der Waals surface area contributed by atoms with Crippen LogP contribution in [0.4, 0.5) is 0 Å². The van der Waals surface area contributed by atoms with Gasteiger partial charge in [0.15, 0.2) is 0 Å². The van der Waals surface area contributed by atoms with Gasteiger partial charge in [0.1, 0.15) is 11.1 Å². The van der Waals surface area contributed by atoms with E-state index < -0.39 is 11.1 Å². The van der Waals surface area contributed by atoms with Crippen LogP contribution in [0.3, 0.4) is 0 Å². The Balaban J connectivity index is 2.75. The van der Waals surface area contributed by atoms with E-state index in [9.17, 15) is 9.59 Å². The maximum Gasteiger partial charge on any atom is 0.248 e. The molecule has 2 amide bonds. The van der Waals surface area contributed by atoms with Crippen molar-refractivity contribution in [1.82, 2.24) is 10.2 Å². The Morgan fingerprint density at radius 2 is 1.60 bits per heavy atom. The highest BCUT2D eigenvalue weighted by atomic mass is 16.2. The van der Waals surface area contributed by atoms with Crippen molar-refractivity contribution in [1.29, 1.82) is 0 Å². The Kier molecular flexibility index (Phi) is 5.60. The van der Waals surface area contributed by atoms with Crippen LogP contribution in [0.2, 0.25) is 0 Å². The second kappa shape index (κ2) is 6.59. The molecule has 1 unspecified atom stereocenters. The van der Waals surface area contributed by atoms with Gasteiger partial charge in [-0.05, 0) is 33.6 Å². The molecule has 0 saturated carbocycles. The molecule has 1 rings (SSSR count). The Bertz CT molecular complexity index is 365. The first-order valence-electron chi connectivity index (χ1n) is 7.94. The smallest absolute Gasteiger partial charge is 0.248 e. The quantitative estimate of drug-likeness (QED) is 0.730. The van der Waals surface area contributed by atoms with Crippen LogP contribution in [-0.2, 0) is 9.59 Å². The summed E-state index contributed by atoms with van der Waals surface area (Å²) >= 11 is 0. The van der Waals surface area contributed by atoms with Crippen LogP contribution < -0.4 is 5.32 Å². The number of hydrogen-bond donors (Lipinski definition) is 1. The molecule has 0 radical (unpaired) electrons. The highest BCUT2D eigenvalue weighted by molar-refractivity contribution is 6.01. The normalized spacial score (nSPS) is 25.8. The molecule has 0 aromatic rings. The maximum atomic E-state index is 12.6. The highest BCUT2D eigenvalue weighted by Crippen LogP contribution is 2.29. The number of unbranched alkanes of at least 4 members (excludes halogenated alkanes) is 4. The molecule has 116 valence electrons. The van der Waals surface area contributed by atoms with Crippen molar-refractivity contribution in [3.05, 3.63) is 0 Å². The van der Waals surface area contributed by atoms with E-state index in [2.05, 4.69) is 12.2 Å². The van der Waals surface area contributed by atoms with Crippen molar-refractivity contribution in [2.75, 3.05) is 6.54 Å². The summed E-state index contributed by atoms with van der Waals surface area (Å²) in [5.74, 6) is 0.00935. The molecule has 0 aromatic carbocycles. The van der Waals surface area contributed by atoms with Crippen molar-refractivity contribution in [2.24, 2.45) is 0 Å². The lowest BCUT2D eigenvalue weighted by atomic mass is 9.86. The zero-order valence-corrected chi connectivity index (χ0v) is 13.7. The highest BCUT2D eigenvalue weighted by Gasteiger charge is 2.51. The van der Waals surface area contributed by atoms with Gasteiger partial charge in [-0.3, -0.25) is 9.59 Å². The van der Waals surface area contributed by atoms with E-state index in [1.54, 1.807) is 18.7 Å². The summed E-state index contributed by atoms with van der Waals surface area (Å²) in [6, 6.07) is 0. The Morgan fingerprint density at radius 3 is 2.15 bits per heavy atom. The minimum atomic E-state index is -0.783. The van der Waals surface area contributed by atoms with Gasteiger partial charge in [-0.2, -0.15) is 0 Å². The van der Waals surface area contributed by atoms with Crippen LogP contribution in [0.1, 0.15) is 73.1 Å². The summed E-state index contributed by atoms with van der Waals surface area (Å²) in [6.45, 7) is 10.3. The van der Waals surface area contributed by atoms with Gasteiger partial charge < -0.3 is 10.2 Å². The summed E-state index contributed by atoms with van der Waals surface area (Å²) in [5, 5.41) is 2.86. The summed E-state index contributed by atoms with van der Waals surface area (Å²) in [7, 11) is 0. The van der Waals surface area contributed by atoms with E-state index in [-0.39, 0.29) is 11.8 Å². The fourth-order valence-corrected chi connectivity index (χ4v) is 2.73. The van der Waals surface area contributed by atoms with Crippen LogP contribution in [-0.4, -0.2) is 34.3 Å². The molecule has 0 bridgehead atoms. The monoisotopic (exact) mass is 282 g/mol. The minimum Gasteiger partial charge on any atom is -0.340 e. The second-order valence-corrected chi connectivity index (χ2v) is 6.58. The van der Waals surface area contributed by atoms with Crippen LogP contribution in [0, 0.1) is 0 Å². The van der Waals surface area contributed by atoms with Gasteiger partial charge >= 0.3 is 0 Å². The second-order valence-electron chi connectivity index (χ2n) is 6.58. The number of nitrogens with zero attached hydrogens (tertiary/aromatic N) is 1. The topological polar surface area (TPSA) is 49.4 Å². The van der Waals surface area contributed by atoms with E-state index >= 15 is 0 Å². The number of hydrogen-bond acceptors (Lipinski definition) is 2. The molecule has 1 aliphatic heterocycles. The lowest BCUT2D eigenvalue weighted by molar-refractivity contribution is -0.161. The average Bonchev–Trinajstić information content (AvgIpc) is 2.39. The fraction of sp³-hybridized carbons (Fsp3) is 0.875. The van der Waals surface area contributed by atoms with Gasteiger partial charge in [0.05, 0.1) is 0 Å². The predicted molar refractivity (Wildman–Crippen MR) is 81.4 cm³/mol. The summed E-state index contributed by atoms with van der Waals surface area (Å²) < 4.78 is 0. The predicted octanol–water partition coefficient (Wildman–Crippen LogP) is 2.86. The zero-order valence-electron chi connectivity index (χ0n) is 13.7. The van der Waals surface area contributed by atoms with E-state index in [0.29, 0.717) is 13.0 Å². The average molecular weight is 282 g/mol. The molecule has 4 heteroatoms. The van der Waals surface area contributed by atoms with Crippen LogP contribution >= 0.6 is 0 Å². The molecule has 1 fully saturated rings. The third-order valence-corrected chi connectivity index (χ3v) is 4.46.